The number of rotatable bonds is 10. The first kappa shape index (κ1) is 27.1. The predicted molar refractivity (Wildman–Crippen MR) is 131 cm³/mol. The lowest BCUT2D eigenvalue weighted by Crippen LogP contribution is -2.32. The zero-order valence-corrected chi connectivity index (χ0v) is 20.3. The summed E-state index contributed by atoms with van der Waals surface area (Å²) < 4.78 is 81.4. The van der Waals surface area contributed by atoms with E-state index in [2.05, 4.69) is 11.3 Å². The molecule has 4 rings (SSSR count). The molecule has 0 aromatic heterocycles. The van der Waals surface area contributed by atoms with Crippen molar-refractivity contribution in [1.82, 2.24) is 0 Å². The fourth-order valence-electron chi connectivity index (χ4n) is 4.48. The van der Waals surface area contributed by atoms with E-state index in [1.807, 2.05) is 24.3 Å². The lowest BCUT2D eigenvalue weighted by atomic mass is 9.98. The standard InChI is InChI=1S/C29H29F5O3/c1-2-3-4-21-17-35-27(36-18-21)14-8-19-6-12-24-23(15-19)11-10-22(28(24)31)9-5-20-7-13-26(25(30)16-20)37-29(32,33)34/h2,6-7,10-13,15-16,21,27H,1,3-5,8-9,14,17-18H2. The average molecular weight is 521 g/mol. The van der Waals surface area contributed by atoms with Gasteiger partial charge < -0.3 is 14.2 Å². The van der Waals surface area contributed by atoms with E-state index < -0.39 is 17.9 Å². The van der Waals surface area contributed by atoms with Crippen LogP contribution in [0.2, 0.25) is 0 Å². The van der Waals surface area contributed by atoms with Crippen LogP contribution in [0.1, 0.15) is 36.0 Å². The van der Waals surface area contributed by atoms with Gasteiger partial charge in [0.2, 0.25) is 0 Å². The third-order valence-corrected chi connectivity index (χ3v) is 6.49. The Morgan fingerprint density at radius 1 is 0.892 bits per heavy atom. The number of allylic oxidation sites excluding steroid dienone is 1. The monoisotopic (exact) mass is 520 g/mol. The minimum Gasteiger partial charge on any atom is -0.403 e. The van der Waals surface area contributed by atoms with Crippen molar-refractivity contribution in [2.45, 2.75) is 51.2 Å². The SMILES string of the molecule is C=CCCC1COC(CCc2ccc3c(F)c(CCc4ccc(OC(F)(F)F)c(F)c4)ccc3c2)OC1. The number of hydrogen-bond acceptors (Lipinski definition) is 3. The molecule has 3 aromatic carbocycles. The Balaban J connectivity index is 1.33. The second-order valence-corrected chi connectivity index (χ2v) is 9.27. The molecule has 1 saturated heterocycles. The molecule has 8 heteroatoms. The molecule has 0 saturated carbocycles. The van der Waals surface area contributed by atoms with E-state index in [1.165, 1.54) is 6.07 Å². The van der Waals surface area contributed by atoms with Gasteiger partial charge >= 0.3 is 6.36 Å². The van der Waals surface area contributed by atoms with Crippen molar-refractivity contribution < 1.29 is 36.2 Å². The van der Waals surface area contributed by atoms with Crippen molar-refractivity contribution in [2.75, 3.05) is 13.2 Å². The van der Waals surface area contributed by atoms with Crippen LogP contribution in [-0.2, 0) is 28.7 Å². The summed E-state index contributed by atoms with van der Waals surface area (Å²) in [4.78, 5) is 0. The molecule has 0 amide bonds. The molecule has 198 valence electrons. The maximum atomic E-state index is 15.2. The topological polar surface area (TPSA) is 27.7 Å². The van der Waals surface area contributed by atoms with Crippen molar-refractivity contribution in [2.24, 2.45) is 5.92 Å². The van der Waals surface area contributed by atoms with E-state index in [-0.39, 0.29) is 24.9 Å². The van der Waals surface area contributed by atoms with E-state index >= 15 is 4.39 Å². The van der Waals surface area contributed by atoms with Gasteiger partial charge in [0.1, 0.15) is 5.82 Å². The molecule has 0 aliphatic carbocycles. The molecule has 0 unspecified atom stereocenters. The number of aryl methyl sites for hydroxylation is 3. The van der Waals surface area contributed by atoms with Crippen LogP contribution in [0.25, 0.3) is 10.8 Å². The third kappa shape index (κ3) is 7.52. The summed E-state index contributed by atoms with van der Waals surface area (Å²) in [7, 11) is 0. The Morgan fingerprint density at radius 2 is 1.62 bits per heavy atom. The number of ether oxygens (including phenoxy) is 3. The van der Waals surface area contributed by atoms with Crippen LogP contribution >= 0.6 is 0 Å². The molecule has 0 spiro atoms. The van der Waals surface area contributed by atoms with Crippen molar-refractivity contribution in [3.8, 4) is 5.75 Å². The maximum absolute atomic E-state index is 15.2. The van der Waals surface area contributed by atoms with Crippen LogP contribution in [0.5, 0.6) is 5.75 Å². The van der Waals surface area contributed by atoms with Crippen LogP contribution in [0.15, 0.2) is 61.2 Å². The summed E-state index contributed by atoms with van der Waals surface area (Å²) in [5.41, 5.74) is 1.95. The summed E-state index contributed by atoms with van der Waals surface area (Å²) >= 11 is 0. The molecule has 37 heavy (non-hydrogen) atoms. The second kappa shape index (κ2) is 12.0. The molecule has 1 aliphatic heterocycles. The molecule has 0 N–H and O–H groups in total. The van der Waals surface area contributed by atoms with Gasteiger partial charge in [0, 0.05) is 17.7 Å². The Morgan fingerprint density at radius 3 is 2.32 bits per heavy atom. The van der Waals surface area contributed by atoms with Gasteiger partial charge in [-0.3, -0.25) is 0 Å². The molecule has 1 aliphatic rings. The Labute approximate surface area is 212 Å². The fraction of sp³-hybridized carbons (Fsp3) is 0.379. The quantitative estimate of drug-likeness (QED) is 0.203. The Hall–Kier alpha value is -2.97. The highest BCUT2D eigenvalue weighted by atomic mass is 19.4. The zero-order valence-electron chi connectivity index (χ0n) is 20.3. The first-order valence-corrected chi connectivity index (χ1v) is 12.3. The van der Waals surface area contributed by atoms with Crippen LogP contribution in [0.3, 0.4) is 0 Å². The van der Waals surface area contributed by atoms with Crippen LogP contribution in [-0.4, -0.2) is 25.9 Å². The second-order valence-electron chi connectivity index (χ2n) is 9.27. The van der Waals surface area contributed by atoms with Crippen molar-refractivity contribution in [3.63, 3.8) is 0 Å². The Kier molecular flexibility index (Phi) is 8.82. The number of benzene rings is 3. The van der Waals surface area contributed by atoms with Crippen LogP contribution in [0.4, 0.5) is 22.0 Å². The summed E-state index contributed by atoms with van der Waals surface area (Å²) in [5, 5.41) is 1.25. The van der Waals surface area contributed by atoms with Gasteiger partial charge in [-0.2, -0.15) is 0 Å². The highest BCUT2D eigenvalue weighted by molar-refractivity contribution is 5.84. The Bertz CT molecular complexity index is 1220. The van der Waals surface area contributed by atoms with Gasteiger partial charge in [-0.1, -0.05) is 42.5 Å². The van der Waals surface area contributed by atoms with E-state index in [4.69, 9.17) is 9.47 Å². The lowest BCUT2D eigenvalue weighted by molar-refractivity contribution is -0.275. The number of fused-ring (bicyclic) bond motifs is 1. The molecule has 0 atom stereocenters. The van der Waals surface area contributed by atoms with Gasteiger partial charge in [0.25, 0.3) is 0 Å². The van der Waals surface area contributed by atoms with Crippen molar-refractivity contribution in [3.05, 3.63) is 89.5 Å². The minimum atomic E-state index is -4.97. The fourth-order valence-corrected chi connectivity index (χ4v) is 4.48. The number of hydrogen-bond donors (Lipinski definition) is 0. The molecule has 3 aromatic rings. The minimum absolute atomic E-state index is 0.242. The van der Waals surface area contributed by atoms with Crippen molar-refractivity contribution >= 4 is 10.8 Å². The summed E-state index contributed by atoms with van der Waals surface area (Å²) in [6.45, 7) is 5.11. The summed E-state index contributed by atoms with van der Waals surface area (Å²) in [5.74, 6) is -1.96. The molecule has 3 nitrogen and oxygen atoms in total. The van der Waals surface area contributed by atoms with Crippen molar-refractivity contribution in [1.29, 1.82) is 0 Å². The van der Waals surface area contributed by atoms with Gasteiger partial charge in [-0.15, -0.1) is 19.8 Å². The van der Waals surface area contributed by atoms with Gasteiger partial charge in [0.05, 0.1) is 13.2 Å². The molecule has 1 fully saturated rings. The van der Waals surface area contributed by atoms with Gasteiger partial charge in [-0.25, -0.2) is 8.78 Å². The van der Waals surface area contributed by atoms with E-state index in [9.17, 15) is 17.6 Å². The largest absolute Gasteiger partial charge is 0.573 e. The molecule has 0 bridgehead atoms. The normalized spacial score (nSPS) is 18.2. The number of alkyl halides is 3. The van der Waals surface area contributed by atoms with E-state index in [1.54, 1.807) is 12.1 Å². The average Bonchev–Trinajstić information content (AvgIpc) is 2.87. The van der Waals surface area contributed by atoms with E-state index in [0.717, 1.165) is 42.3 Å². The highest BCUT2D eigenvalue weighted by Gasteiger charge is 2.32. The smallest absolute Gasteiger partial charge is 0.403 e. The highest BCUT2D eigenvalue weighted by Crippen LogP contribution is 2.28. The first-order chi connectivity index (χ1) is 17.7. The summed E-state index contributed by atoms with van der Waals surface area (Å²) in [6, 6.07) is 12.4. The molecular formula is C29H29F5O3. The maximum Gasteiger partial charge on any atom is 0.573 e. The van der Waals surface area contributed by atoms with Crippen LogP contribution < -0.4 is 4.74 Å². The zero-order chi connectivity index (χ0) is 26.4. The lowest BCUT2D eigenvalue weighted by Gasteiger charge is -2.29. The van der Waals surface area contributed by atoms with E-state index in [0.29, 0.717) is 42.1 Å². The molecular weight excluding hydrogens is 491 g/mol. The van der Waals surface area contributed by atoms with Gasteiger partial charge in [0.15, 0.2) is 17.9 Å². The molecule has 0 radical (unpaired) electrons. The van der Waals surface area contributed by atoms with Gasteiger partial charge in [-0.05, 0) is 66.3 Å². The third-order valence-electron chi connectivity index (χ3n) is 6.49. The first-order valence-electron chi connectivity index (χ1n) is 12.3. The van der Waals surface area contributed by atoms with Crippen LogP contribution in [0, 0.1) is 17.6 Å². The predicted octanol–water partition coefficient (Wildman–Crippen LogP) is 7.69. The molecule has 1 heterocycles. The number of halogens is 5. The summed E-state index contributed by atoms with van der Waals surface area (Å²) in [6.07, 6.45) is 0.628.